The highest BCUT2D eigenvalue weighted by atomic mass is 16.1. The normalized spacial score (nSPS) is 11.5. The van der Waals surface area contributed by atoms with Crippen molar-refractivity contribution in [2.45, 2.75) is 13.8 Å². The smallest absolute Gasteiger partial charge is 0.144 e. The van der Waals surface area contributed by atoms with Crippen molar-refractivity contribution >= 4 is 17.6 Å². The van der Waals surface area contributed by atoms with E-state index in [9.17, 15) is 9.59 Å². The summed E-state index contributed by atoms with van der Waals surface area (Å²) in [4.78, 5) is 22.3. The summed E-state index contributed by atoms with van der Waals surface area (Å²) in [6.07, 6.45) is 7.12. The van der Waals surface area contributed by atoms with Gasteiger partial charge in [0.2, 0.25) is 0 Å². The largest absolute Gasteiger partial charge is 0.299 e. The van der Waals surface area contributed by atoms with Crippen LogP contribution in [0.3, 0.4) is 0 Å². The molecule has 0 saturated carbocycles. The summed E-state index contributed by atoms with van der Waals surface area (Å²) in [6.45, 7) is 2.86. The molecule has 1 aromatic rings. The molecule has 2 heteroatoms. The average molecular weight is 228 g/mol. The number of ketones is 2. The van der Waals surface area contributed by atoms with Gasteiger partial charge in [0.15, 0.2) is 0 Å². The highest BCUT2D eigenvalue weighted by Crippen LogP contribution is 2.04. The highest BCUT2D eigenvalue weighted by Gasteiger charge is 2.14. The number of Topliss-reactive ketones (excluding diaryl/α,β-unsaturated/α-hetero) is 2. The van der Waals surface area contributed by atoms with Gasteiger partial charge in [-0.05, 0) is 19.4 Å². The van der Waals surface area contributed by atoms with Crippen LogP contribution in [0.5, 0.6) is 0 Å². The van der Waals surface area contributed by atoms with Gasteiger partial charge in [0.25, 0.3) is 0 Å². The lowest BCUT2D eigenvalue weighted by atomic mass is 10.0. The van der Waals surface area contributed by atoms with Crippen LogP contribution in [0.15, 0.2) is 48.6 Å². The second-order valence-electron chi connectivity index (χ2n) is 3.85. The van der Waals surface area contributed by atoms with Crippen LogP contribution in [0, 0.1) is 5.92 Å². The van der Waals surface area contributed by atoms with Gasteiger partial charge in [-0.2, -0.15) is 0 Å². The van der Waals surface area contributed by atoms with Crippen molar-refractivity contribution in [1.82, 2.24) is 0 Å². The molecule has 0 aromatic heterocycles. The summed E-state index contributed by atoms with van der Waals surface area (Å²) in [6, 6.07) is 9.83. The summed E-state index contributed by atoms with van der Waals surface area (Å²) >= 11 is 0. The van der Waals surface area contributed by atoms with Crippen LogP contribution in [-0.2, 0) is 9.59 Å². The van der Waals surface area contributed by atoms with E-state index in [1.165, 1.54) is 13.8 Å². The molecule has 0 aliphatic rings. The van der Waals surface area contributed by atoms with Crippen LogP contribution < -0.4 is 0 Å². The SMILES string of the molecule is CC(=O)C(C=CC=Cc1ccccc1)C(C)=O. The Morgan fingerprint density at radius 2 is 1.59 bits per heavy atom. The van der Waals surface area contributed by atoms with Crippen LogP contribution in [0.25, 0.3) is 6.08 Å². The molecule has 0 N–H and O–H groups in total. The molecule has 0 heterocycles. The number of rotatable bonds is 5. The third-order valence-electron chi connectivity index (χ3n) is 2.38. The maximum absolute atomic E-state index is 11.2. The van der Waals surface area contributed by atoms with E-state index < -0.39 is 5.92 Å². The summed E-state index contributed by atoms with van der Waals surface area (Å²) < 4.78 is 0. The minimum absolute atomic E-state index is 0.123. The Balaban J connectivity index is 2.63. The minimum atomic E-state index is -0.615. The van der Waals surface area contributed by atoms with Gasteiger partial charge in [0.05, 0.1) is 5.92 Å². The Morgan fingerprint density at radius 3 is 2.12 bits per heavy atom. The summed E-state index contributed by atoms with van der Waals surface area (Å²) in [5.41, 5.74) is 1.08. The van der Waals surface area contributed by atoms with Gasteiger partial charge < -0.3 is 0 Å². The molecule has 0 aliphatic heterocycles. The molecule has 0 aliphatic carbocycles. The maximum Gasteiger partial charge on any atom is 0.144 e. The monoisotopic (exact) mass is 228 g/mol. The van der Waals surface area contributed by atoms with Gasteiger partial charge in [0, 0.05) is 0 Å². The van der Waals surface area contributed by atoms with Crippen molar-refractivity contribution in [3.05, 3.63) is 54.1 Å². The molecule has 0 amide bonds. The van der Waals surface area contributed by atoms with E-state index in [0.717, 1.165) is 5.56 Å². The molecule has 1 aromatic carbocycles. The third-order valence-corrected chi connectivity index (χ3v) is 2.38. The Morgan fingerprint density at radius 1 is 1.00 bits per heavy atom. The summed E-state index contributed by atoms with van der Waals surface area (Å²) in [5, 5.41) is 0. The molecule has 0 saturated heterocycles. The molecule has 0 unspecified atom stereocenters. The molecule has 2 nitrogen and oxygen atoms in total. The fourth-order valence-electron chi connectivity index (χ4n) is 1.46. The number of hydrogen-bond donors (Lipinski definition) is 0. The van der Waals surface area contributed by atoms with E-state index in [2.05, 4.69) is 0 Å². The molecule has 0 fully saturated rings. The van der Waals surface area contributed by atoms with Gasteiger partial charge in [-0.25, -0.2) is 0 Å². The lowest BCUT2D eigenvalue weighted by Crippen LogP contribution is -2.16. The second-order valence-corrected chi connectivity index (χ2v) is 3.85. The van der Waals surface area contributed by atoms with E-state index in [1.807, 2.05) is 42.5 Å². The number of carbonyl (C=O) groups excluding carboxylic acids is 2. The number of hydrogen-bond acceptors (Lipinski definition) is 2. The Kier molecular flexibility index (Phi) is 5.08. The molecular weight excluding hydrogens is 212 g/mol. The third kappa shape index (κ3) is 4.60. The molecule has 17 heavy (non-hydrogen) atoms. The number of carbonyl (C=O) groups is 2. The van der Waals surface area contributed by atoms with Crippen molar-refractivity contribution < 1.29 is 9.59 Å². The standard InChI is InChI=1S/C15H16O2/c1-12(16)15(13(2)17)11-7-6-10-14-8-4-3-5-9-14/h3-11,15H,1-2H3. The van der Waals surface area contributed by atoms with Crippen molar-refractivity contribution in [1.29, 1.82) is 0 Å². The Bertz CT molecular complexity index is 427. The van der Waals surface area contributed by atoms with E-state index >= 15 is 0 Å². The Hall–Kier alpha value is -1.96. The van der Waals surface area contributed by atoms with Gasteiger partial charge in [-0.15, -0.1) is 0 Å². The van der Waals surface area contributed by atoms with Gasteiger partial charge in [-0.3, -0.25) is 9.59 Å². The summed E-state index contributed by atoms with van der Waals surface area (Å²) in [7, 11) is 0. The number of allylic oxidation sites excluding steroid dienone is 3. The van der Waals surface area contributed by atoms with Crippen LogP contribution in [0.1, 0.15) is 19.4 Å². The molecule has 88 valence electrons. The first-order valence-electron chi connectivity index (χ1n) is 5.52. The first-order valence-corrected chi connectivity index (χ1v) is 5.52. The van der Waals surface area contributed by atoms with E-state index in [0.29, 0.717) is 0 Å². The van der Waals surface area contributed by atoms with E-state index in [-0.39, 0.29) is 11.6 Å². The fourth-order valence-corrected chi connectivity index (χ4v) is 1.46. The van der Waals surface area contributed by atoms with E-state index in [1.54, 1.807) is 12.2 Å². The lowest BCUT2D eigenvalue weighted by Gasteiger charge is -2.01. The fraction of sp³-hybridized carbons (Fsp3) is 0.200. The molecule has 1 rings (SSSR count). The molecular formula is C15H16O2. The topological polar surface area (TPSA) is 34.1 Å². The van der Waals surface area contributed by atoms with Crippen LogP contribution >= 0.6 is 0 Å². The van der Waals surface area contributed by atoms with Crippen molar-refractivity contribution in [3.63, 3.8) is 0 Å². The van der Waals surface area contributed by atoms with Crippen molar-refractivity contribution in [2.75, 3.05) is 0 Å². The predicted octanol–water partition coefficient (Wildman–Crippen LogP) is 3.05. The van der Waals surface area contributed by atoms with Crippen LogP contribution in [-0.4, -0.2) is 11.6 Å². The van der Waals surface area contributed by atoms with Crippen LogP contribution in [0.2, 0.25) is 0 Å². The zero-order valence-corrected chi connectivity index (χ0v) is 10.1. The predicted molar refractivity (Wildman–Crippen MR) is 69.5 cm³/mol. The number of benzene rings is 1. The molecule has 0 atom stereocenters. The molecule has 0 spiro atoms. The minimum Gasteiger partial charge on any atom is -0.299 e. The van der Waals surface area contributed by atoms with Crippen LogP contribution in [0.4, 0.5) is 0 Å². The maximum atomic E-state index is 11.2. The van der Waals surface area contributed by atoms with Crippen molar-refractivity contribution in [2.24, 2.45) is 5.92 Å². The van der Waals surface area contributed by atoms with E-state index in [4.69, 9.17) is 0 Å². The lowest BCUT2D eigenvalue weighted by molar-refractivity contribution is -0.128. The second kappa shape index (κ2) is 6.59. The Labute approximate surface area is 102 Å². The van der Waals surface area contributed by atoms with Crippen molar-refractivity contribution in [3.8, 4) is 0 Å². The van der Waals surface area contributed by atoms with Gasteiger partial charge in [-0.1, -0.05) is 54.6 Å². The molecule has 0 bridgehead atoms. The average Bonchev–Trinajstić information content (AvgIpc) is 2.29. The quantitative estimate of drug-likeness (QED) is 0.573. The molecule has 0 radical (unpaired) electrons. The van der Waals surface area contributed by atoms with Gasteiger partial charge >= 0.3 is 0 Å². The zero-order chi connectivity index (χ0) is 12.7. The highest BCUT2D eigenvalue weighted by molar-refractivity contribution is 6.02. The van der Waals surface area contributed by atoms with Gasteiger partial charge in [0.1, 0.15) is 11.6 Å². The summed E-state index contributed by atoms with van der Waals surface area (Å²) in [5.74, 6) is -0.862. The first-order chi connectivity index (χ1) is 8.11. The zero-order valence-electron chi connectivity index (χ0n) is 10.1. The first kappa shape index (κ1) is 13.1.